The third kappa shape index (κ3) is 13.8. The molecule has 0 spiro atoms. The summed E-state index contributed by atoms with van der Waals surface area (Å²) in [6.07, 6.45) is 2.47. The Kier molecular flexibility index (Phi) is 18.1. The Morgan fingerprint density at radius 2 is 1.08 bits per heavy atom. The highest BCUT2D eigenvalue weighted by Gasteiger charge is 2.41. The van der Waals surface area contributed by atoms with E-state index < -0.39 is 83.7 Å². The van der Waals surface area contributed by atoms with Crippen LogP contribution in [-0.4, -0.2) is 122 Å². The van der Waals surface area contributed by atoms with Crippen LogP contribution in [0.25, 0.3) is 0 Å². The lowest BCUT2D eigenvalue weighted by Gasteiger charge is -2.32. The number of nitrogens with two attached hydrogens (primary N) is 1. The number of carboxylic acid groups (broad SMARTS) is 1. The van der Waals surface area contributed by atoms with Crippen molar-refractivity contribution in [3.8, 4) is 11.5 Å². The number of likely N-dealkylation sites (tertiary alicyclic amines) is 2. The maximum atomic E-state index is 14.5. The Hall–Kier alpha value is -6.49. The number of benzene rings is 3. The Bertz CT molecular complexity index is 2150. The number of amides is 6. The molecule has 0 aliphatic carbocycles. The molecule has 0 saturated carbocycles. The van der Waals surface area contributed by atoms with Crippen LogP contribution in [0.5, 0.6) is 11.5 Å². The molecular formula is C49H65N7O10. The van der Waals surface area contributed by atoms with Gasteiger partial charge in [-0.1, -0.05) is 88.7 Å². The zero-order valence-corrected chi connectivity index (χ0v) is 38.2. The van der Waals surface area contributed by atoms with Gasteiger partial charge in [0, 0.05) is 25.9 Å². The normalized spacial score (nSPS) is 18.6. The maximum absolute atomic E-state index is 14.5. The maximum Gasteiger partial charge on any atom is 0.326 e. The minimum absolute atomic E-state index is 0.00550. The minimum atomic E-state index is -1.27. The fraction of sp³-hybridized carbons (Fsp3) is 0.490. The predicted octanol–water partition coefficient (Wildman–Crippen LogP) is 2.55. The lowest BCUT2D eigenvalue weighted by atomic mass is 9.98. The molecule has 9 N–H and O–H groups in total. The number of aromatic hydroxyl groups is 2. The van der Waals surface area contributed by atoms with Gasteiger partial charge >= 0.3 is 5.97 Å². The second kappa shape index (κ2) is 23.6. The van der Waals surface area contributed by atoms with E-state index in [1.807, 2.05) is 20.8 Å². The second-order valence-electron chi connectivity index (χ2n) is 17.9. The highest BCUT2D eigenvalue weighted by molar-refractivity contribution is 5.97. The molecule has 0 unspecified atom stereocenters. The monoisotopic (exact) mass is 911 g/mol. The van der Waals surface area contributed by atoms with Crippen LogP contribution in [0.2, 0.25) is 0 Å². The molecule has 2 saturated heterocycles. The molecule has 0 bridgehead atoms. The Morgan fingerprint density at radius 3 is 1.58 bits per heavy atom. The van der Waals surface area contributed by atoms with Crippen LogP contribution in [-0.2, 0) is 52.8 Å². The van der Waals surface area contributed by atoms with Crippen LogP contribution < -0.4 is 27.0 Å². The molecule has 3 aromatic rings. The van der Waals surface area contributed by atoms with Gasteiger partial charge in [-0.3, -0.25) is 28.8 Å². The standard InChI is InChI=1S/C49H65N7O10/c1-5-30(4)42(49(65)66)54-46(62)41-14-10-24-56(41)48(64)39(25-29(2)3)53-44(60)37(27-31-11-7-6-8-12-31)51-43(59)38(28-33-17-21-35(58)22-18-33)52-45(61)40-13-9-23-55(40)47(63)36(50)26-32-15-19-34(57)20-16-32/h6-8,11-12,15-22,29-30,36-42,57-58H,5,9-10,13-14,23-28,50H2,1-4H3,(H,51,59)(H,52,61)(H,53,60)(H,54,62)(H,65,66)/t30-,36-,37-,38-,39-,40-,41-,42-/m0/s1. The third-order valence-corrected chi connectivity index (χ3v) is 12.4. The van der Waals surface area contributed by atoms with Gasteiger partial charge in [-0.15, -0.1) is 0 Å². The van der Waals surface area contributed by atoms with Gasteiger partial charge < -0.3 is 52.1 Å². The Balaban J connectivity index is 1.37. The van der Waals surface area contributed by atoms with E-state index in [1.54, 1.807) is 61.5 Å². The van der Waals surface area contributed by atoms with Gasteiger partial charge in [-0.25, -0.2) is 4.79 Å². The van der Waals surface area contributed by atoms with E-state index in [0.29, 0.717) is 43.2 Å². The fourth-order valence-corrected chi connectivity index (χ4v) is 8.57. The SMILES string of the molecule is CC[C@H](C)[C@H](NC(=O)[C@@H]1CCCN1C(=O)[C@H](CC(C)C)NC(=O)[C@H](Cc1ccccc1)NC(=O)[C@H](Cc1ccc(O)cc1)NC(=O)[C@@H]1CCCN1C(=O)[C@@H](N)Cc1ccc(O)cc1)C(=O)O. The molecule has 2 aliphatic heterocycles. The second-order valence-corrected chi connectivity index (χ2v) is 17.9. The molecule has 0 radical (unpaired) electrons. The van der Waals surface area contributed by atoms with Gasteiger partial charge in [0.15, 0.2) is 0 Å². The lowest BCUT2D eigenvalue weighted by molar-refractivity contribution is -0.146. The number of phenols is 2. The molecular weight excluding hydrogens is 847 g/mol. The van der Waals surface area contributed by atoms with Crippen molar-refractivity contribution in [3.63, 3.8) is 0 Å². The molecule has 17 nitrogen and oxygen atoms in total. The van der Waals surface area contributed by atoms with E-state index >= 15 is 0 Å². The van der Waals surface area contributed by atoms with Crippen LogP contribution in [0, 0.1) is 11.8 Å². The van der Waals surface area contributed by atoms with Gasteiger partial charge in [-0.05, 0) is 91.3 Å². The number of aliphatic carboxylic acids is 1. The van der Waals surface area contributed by atoms with E-state index in [1.165, 1.54) is 34.1 Å². The van der Waals surface area contributed by atoms with Crippen LogP contribution in [0.1, 0.15) is 82.9 Å². The molecule has 5 rings (SSSR count). The molecule has 3 aromatic carbocycles. The lowest BCUT2D eigenvalue weighted by Crippen LogP contribution is -2.60. The molecule has 6 amide bonds. The van der Waals surface area contributed by atoms with E-state index in [4.69, 9.17) is 5.73 Å². The summed E-state index contributed by atoms with van der Waals surface area (Å²) >= 11 is 0. The molecule has 17 heteroatoms. The summed E-state index contributed by atoms with van der Waals surface area (Å²) in [4.78, 5) is 99.6. The number of nitrogens with zero attached hydrogens (tertiary/aromatic N) is 2. The average Bonchev–Trinajstić information content (AvgIpc) is 4.00. The van der Waals surface area contributed by atoms with Crippen molar-refractivity contribution in [1.82, 2.24) is 31.1 Å². The zero-order chi connectivity index (χ0) is 48.1. The molecule has 2 heterocycles. The highest BCUT2D eigenvalue weighted by Crippen LogP contribution is 2.23. The average molecular weight is 912 g/mol. The molecule has 356 valence electrons. The number of carbonyl (C=O) groups excluding carboxylic acids is 6. The van der Waals surface area contributed by atoms with Crippen LogP contribution >= 0.6 is 0 Å². The topological polar surface area (TPSA) is 261 Å². The van der Waals surface area contributed by atoms with Gasteiger partial charge in [0.2, 0.25) is 35.4 Å². The van der Waals surface area contributed by atoms with Crippen LogP contribution in [0.4, 0.5) is 0 Å². The number of hydrogen-bond donors (Lipinski definition) is 8. The van der Waals surface area contributed by atoms with Crippen LogP contribution in [0.15, 0.2) is 78.9 Å². The molecule has 0 aromatic heterocycles. The summed E-state index contributed by atoms with van der Waals surface area (Å²) in [5, 5.41) is 40.7. The van der Waals surface area contributed by atoms with Crippen molar-refractivity contribution in [2.75, 3.05) is 13.1 Å². The molecule has 66 heavy (non-hydrogen) atoms. The molecule has 2 fully saturated rings. The van der Waals surface area contributed by atoms with Crippen molar-refractivity contribution >= 4 is 41.4 Å². The number of carboxylic acids is 1. The first-order valence-corrected chi connectivity index (χ1v) is 22.9. The first-order chi connectivity index (χ1) is 31.4. The first kappa shape index (κ1) is 50.5. The van der Waals surface area contributed by atoms with E-state index in [0.717, 1.165) is 5.56 Å². The number of nitrogens with one attached hydrogen (secondary N) is 4. The summed E-state index contributed by atoms with van der Waals surface area (Å²) in [6.45, 7) is 7.81. The van der Waals surface area contributed by atoms with E-state index in [9.17, 15) is 48.9 Å². The largest absolute Gasteiger partial charge is 0.508 e. The van der Waals surface area contributed by atoms with Gasteiger partial charge in [-0.2, -0.15) is 0 Å². The van der Waals surface area contributed by atoms with Gasteiger partial charge in [0.25, 0.3) is 0 Å². The van der Waals surface area contributed by atoms with Crippen molar-refractivity contribution < 1.29 is 48.9 Å². The van der Waals surface area contributed by atoms with E-state index in [-0.39, 0.29) is 62.1 Å². The zero-order valence-electron chi connectivity index (χ0n) is 38.2. The number of rotatable bonds is 21. The van der Waals surface area contributed by atoms with E-state index in [2.05, 4.69) is 21.3 Å². The number of carbonyl (C=O) groups is 7. The van der Waals surface area contributed by atoms with Crippen molar-refractivity contribution in [2.45, 2.75) is 128 Å². The summed E-state index contributed by atoms with van der Waals surface area (Å²) in [5.74, 6) is -5.08. The van der Waals surface area contributed by atoms with Crippen LogP contribution in [0.3, 0.4) is 0 Å². The minimum Gasteiger partial charge on any atom is -0.508 e. The Labute approximate surface area is 385 Å². The summed E-state index contributed by atoms with van der Waals surface area (Å²) in [7, 11) is 0. The fourth-order valence-electron chi connectivity index (χ4n) is 8.57. The Morgan fingerprint density at radius 1 is 0.621 bits per heavy atom. The summed E-state index contributed by atoms with van der Waals surface area (Å²) < 4.78 is 0. The van der Waals surface area contributed by atoms with Gasteiger partial charge in [0.1, 0.15) is 47.8 Å². The smallest absolute Gasteiger partial charge is 0.326 e. The predicted molar refractivity (Wildman–Crippen MR) is 245 cm³/mol. The summed E-state index contributed by atoms with van der Waals surface area (Å²) in [6, 6.07) is 13.7. The highest BCUT2D eigenvalue weighted by atomic mass is 16.4. The molecule has 8 atom stereocenters. The van der Waals surface area contributed by atoms with Gasteiger partial charge in [0.05, 0.1) is 6.04 Å². The quantitative estimate of drug-likeness (QED) is 0.0771. The first-order valence-electron chi connectivity index (χ1n) is 22.9. The van der Waals surface area contributed by atoms with Crippen molar-refractivity contribution in [2.24, 2.45) is 17.6 Å². The summed E-state index contributed by atoms with van der Waals surface area (Å²) in [5.41, 5.74) is 8.35. The number of phenolic OH excluding ortho intramolecular Hbond substituents is 2. The number of hydrogen-bond acceptors (Lipinski definition) is 10. The van der Waals surface area contributed by atoms with Crippen molar-refractivity contribution in [1.29, 1.82) is 0 Å². The van der Waals surface area contributed by atoms with Crippen molar-refractivity contribution in [3.05, 3.63) is 95.6 Å². The molecule has 2 aliphatic rings. The third-order valence-electron chi connectivity index (χ3n) is 12.4.